The van der Waals surface area contributed by atoms with Crippen molar-refractivity contribution in [3.05, 3.63) is 0 Å². The first kappa shape index (κ1) is 20.4. The standard InChI is InChI=1S/C17H29N3O4.ClH/c1-23-13-3-7-19(10-13)15(21)9-17(5-6-18-12-17)16(22)20-8-4-14(11-20)24-2;/h13-14,18H,3-12H2,1-2H3;1H/t13-,14-,17?;/m1./s1. The van der Waals surface area contributed by atoms with Crippen molar-refractivity contribution in [2.75, 3.05) is 53.5 Å². The minimum atomic E-state index is -0.592. The van der Waals surface area contributed by atoms with E-state index in [2.05, 4.69) is 5.32 Å². The number of hydrogen-bond acceptors (Lipinski definition) is 5. The monoisotopic (exact) mass is 375 g/mol. The zero-order valence-electron chi connectivity index (χ0n) is 15.2. The number of amides is 2. The number of carbonyl (C=O) groups excluding carboxylic acids is 2. The predicted molar refractivity (Wildman–Crippen MR) is 95.8 cm³/mol. The topological polar surface area (TPSA) is 71.1 Å². The van der Waals surface area contributed by atoms with E-state index in [9.17, 15) is 9.59 Å². The summed E-state index contributed by atoms with van der Waals surface area (Å²) in [6.45, 7) is 4.12. The fraction of sp³-hybridized carbons (Fsp3) is 0.882. The van der Waals surface area contributed by atoms with Crippen molar-refractivity contribution in [2.24, 2.45) is 5.41 Å². The lowest BCUT2D eigenvalue weighted by Crippen LogP contribution is -2.47. The number of methoxy groups -OCH3 is 2. The van der Waals surface area contributed by atoms with Gasteiger partial charge in [0.1, 0.15) is 0 Å². The predicted octanol–water partition coefficient (Wildman–Crippen LogP) is 0.273. The van der Waals surface area contributed by atoms with Crippen molar-refractivity contribution >= 4 is 24.2 Å². The summed E-state index contributed by atoms with van der Waals surface area (Å²) in [5, 5.41) is 3.28. The number of halogens is 1. The van der Waals surface area contributed by atoms with E-state index in [-0.39, 0.29) is 36.4 Å². The van der Waals surface area contributed by atoms with Crippen LogP contribution in [0.3, 0.4) is 0 Å². The molecule has 8 heteroatoms. The molecule has 0 spiro atoms. The minimum Gasteiger partial charge on any atom is -0.380 e. The van der Waals surface area contributed by atoms with Gasteiger partial charge < -0.3 is 24.6 Å². The zero-order chi connectivity index (χ0) is 17.2. The van der Waals surface area contributed by atoms with E-state index in [0.717, 1.165) is 38.9 Å². The van der Waals surface area contributed by atoms with Gasteiger partial charge in [-0.2, -0.15) is 0 Å². The molecule has 0 bridgehead atoms. The maximum absolute atomic E-state index is 13.1. The Morgan fingerprint density at radius 2 is 1.68 bits per heavy atom. The molecule has 0 aromatic rings. The summed E-state index contributed by atoms with van der Waals surface area (Å²) in [4.78, 5) is 29.6. The summed E-state index contributed by atoms with van der Waals surface area (Å²) in [6.07, 6.45) is 3.03. The van der Waals surface area contributed by atoms with Crippen LogP contribution in [0.5, 0.6) is 0 Å². The number of carbonyl (C=O) groups is 2. The molecule has 0 aliphatic carbocycles. The summed E-state index contributed by atoms with van der Waals surface area (Å²) in [5.74, 6) is 0.192. The summed E-state index contributed by atoms with van der Waals surface area (Å²) in [7, 11) is 3.37. The third kappa shape index (κ3) is 4.27. The van der Waals surface area contributed by atoms with Crippen molar-refractivity contribution < 1.29 is 19.1 Å². The van der Waals surface area contributed by atoms with E-state index in [1.165, 1.54) is 0 Å². The normalized spacial score (nSPS) is 32.1. The molecule has 0 radical (unpaired) electrons. The second-order valence-corrected chi connectivity index (χ2v) is 7.27. The van der Waals surface area contributed by atoms with Crippen molar-refractivity contribution in [1.82, 2.24) is 15.1 Å². The molecule has 25 heavy (non-hydrogen) atoms. The third-order valence-electron chi connectivity index (χ3n) is 5.78. The van der Waals surface area contributed by atoms with Crippen molar-refractivity contribution in [2.45, 2.75) is 37.9 Å². The lowest BCUT2D eigenvalue weighted by molar-refractivity contribution is -0.146. The van der Waals surface area contributed by atoms with Crippen molar-refractivity contribution in [3.63, 3.8) is 0 Å². The molecule has 0 aromatic heterocycles. The number of nitrogens with zero attached hydrogens (tertiary/aromatic N) is 2. The average Bonchev–Trinajstić information content (AvgIpc) is 3.33. The van der Waals surface area contributed by atoms with Crippen LogP contribution in [-0.2, 0) is 19.1 Å². The van der Waals surface area contributed by atoms with Crippen LogP contribution in [0.1, 0.15) is 25.7 Å². The molecule has 3 atom stereocenters. The highest BCUT2D eigenvalue weighted by molar-refractivity contribution is 5.90. The highest BCUT2D eigenvalue weighted by Crippen LogP contribution is 2.34. The zero-order valence-corrected chi connectivity index (χ0v) is 16.0. The molecule has 3 heterocycles. The number of ether oxygens (including phenoxy) is 2. The Kier molecular flexibility index (Phi) is 7.08. The second-order valence-electron chi connectivity index (χ2n) is 7.27. The van der Waals surface area contributed by atoms with Gasteiger partial charge in [-0.1, -0.05) is 0 Å². The van der Waals surface area contributed by atoms with E-state index < -0.39 is 5.41 Å². The van der Waals surface area contributed by atoms with Gasteiger partial charge in [0, 0.05) is 53.4 Å². The van der Waals surface area contributed by atoms with Gasteiger partial charge in [0.2, 0.25) is 11.8 Å². The number of hydrogen-bond donors (Lipinski definition) is 1. The SMILES string of the molecule is CO[C@@H]1CCN(C(=O)CC2(C(=O)N3CC[C@@H](OC)C3)CCNC2)C1.Cl. The second kappa shape index (κ2) is 8.66. The summed E-state index contributed by atoms with van der Waals surface area (Å²) >= 11 is 0. The maximum atomic E-state index is 13.1. The van der Waals surface area contributed by atoms with E-state index in [4.69, 9.17) is 9.47 Å². The van der Waals surface area contributed by atoms with Gasteiger partial charge in [-0.15, -0.1) is 12.4 Å². The van der Waals surface area contributed by atoms with Crippen LogP contribution in [0.2, 0.25) is 0 Å². The fourth-order valence-corrected chi connectivity index (χ4v) is 4.14. The van der Waals surface area contributed by atoms with Gasteiger partial charge in [-0.25, -0.2) is 0 Å². The molecule has 3 rings (SSSR count). The van der Waals surface area contributed by atoms with Gasteiger partial charge in [0.05, 0.1) is 17.6 Å². The quantitative estimate of drug-likeness (QED) is 0.747. The smallest absolute Gasteiger partial charge is 0.230 e. The van der Waals surface area contributed by atoms with Gasteiger partial charge in [0.25, 0.3) is 0 Å². The van der Waals surface area contributed by atoms with E-state index in [0.29, 0.717) is 26.1 Å². The lowest BCUT2D eigenvalue weighted by Gasteiger charge is -2.32. The molecule has 3 saturated heterocycles. The van der Waals surface area contributed by atoms with Crippen LogP contribution in [0.15, 0.2) is 0 Å². The Balaban J connectivity index is 0.00000225. The van der Waals surface area contributed by atoms with Gasteiger partial charge in [-0.05, 0) is 25.8 Å². The van der Waals surface area contributed by atoms with Gasteiger partial charge in [0.15, 0.2) is 0 Å². The summed E-state index contributed by atoms with van der Waals surface area (Å²) < 4.78 is 10.7. The fourth-order valence-electron chi connectivity index (χ4n) is 4.14. The van der Waals surface area contributed by atoms with Gasteiger partial charge in [-0.3, -0.25) is 9.59 Å². The van der Waals surface area contributed by atoms with Crippen LogP contribution in [0.25, 0.3) is 0 Å². The molecule has 144 valence electrons. The first-order valence-corrected chi connectivity index (χ1v) is 8.91. The Morgan fingerprint density at radius 3 is 2.20 bits per heavy atom. The minimum absolute atomic E-state index is 0. The van der Waals surface area contributed by atoms with Crippen LogP contribution in [0.4, 0.5) is 0 Å². The highest BCUT2D eigenvalue weighted by atomic mass is 35.5. The molecule has 3 aliphatic heterocycles. The molecule has 3 fully saturated rings. The molecule has 3 aliphatic rings. The Bertz CT molecular complexity index is 485. The average molecular weight is 376 g/mol. The largest absolute Gasteiger partial charge is 0.380 e. The first-order valence-electron chi connectivity index (χ1n) is 8.91. The number of likely N-dealkylation sites (tertiary alicyclic amines) is 2. The molecule has 0 aromatic carbocycles. The number of nitrogens with one attached hydrogen (secondary N) is 1. The number of rotatable bonds is 5. The molecule has 2 amide bonds. The summed E-state index contributed by atoms with van der Waals surface area (Å²) in [5.41, 5.74) is -0.592. The van der Waals surface area contributed by atoms with Crippen LogP contribution in [0, 0.1) is 5.41 Å². The molecule has 7 nitrogen and oxygen atoms in total. The molecule has 0 saturated carbocycles. The molecular weight excluding hydrogens is 346 g/mol. The lowest BCUT2D eigenvalue weighted by atomic mass is 9.81. The molecular formula is C17H30ClN3O4. The van der Waals surface area contributed by atoms with Crippen molar-refractivity contribution in [1.29, 1.82) is 0 Å². The molecule has 1 N–H and O–H groups in total. The van der Waals surface area contributed by atoms with E-state index in [1.807, 2.05) is 9.80 Å². The highest BCUT2D eigenvalue weighted by Gasteiger charge is 2.47. The summed E-state index contributed by atoms with van der Waals surface area (Å²) in [6, 6.07) is 0. The Labute approximate surface area is 155 Å². The third-order valence-corrected chi connectivity index (χ3v) is 5.78. The van der Waals surface area contributed by atoms with Crippen molar-refractivity contribution in [3.8, 4) is 0 Å². The first-order chi connectivity index (χ1) is 11.6. The van der Waals surface area contributed by atoms with Crippen LogP contribution >= 0.6 is 12.4 Å². The van der Waals surface area contributed by atoms with E-state index >= 15 is 0 Å². The Morgan fingerprint density at radius 1 is 1.08 bits per heavy atom. The van der Waals surface area contributed by atoms with Crippen LogP contribution in [-0.4, -0.2) is 87.3 Å². The van der Waals surface area contributed by atoms with E-state index in [1.54, 1.807) is 14.2 Å². The van der Waals surface area contributed by atoms with Crippen LogP contribution < -0.4 is 5.32 Å². The molecule has 1 unspecified atom stereocenters. The maximum Gasteiger partial charge on any atom is 0.230 e. The Hall–Kier alpha value is -0.890. The van der Waals surface area contributed by atoms with Gasteiger partial charge >= 0.3 is 0 Å².